The average molecular weight is 261 g/mol. The van der Waals surface area contributed by atoms with Gasteiger partial charge in [0.1, 0.15) is 0 Å². The number of hydrogen-bond donors (Lipinski definition) is 0. The lowest BCUT2D eigenvalue weighted by molar-refractivity contribution is 0.596. The zero-order valence-electron chi connectivity index (χ0n) is 12.2. The minimum atomic E-state index is 0.141. The van der Waals surface area contributed by atoms with Gasteiger partial charge in [0.05, 0.1) is 5.69 Å². The van der Waals surface area contributed by atoms with Crippen molar-refractivity contribution in [1.82, 2.24) is 4.98 Å². The van der Waals surface area contributed by atoms with Crippen LogP contribution in [0.15, 0.2) is 60.8 Å². The number of hydrogen-bond acceptors (Lipinski definition) is 1. The molecule has 1 aromatic heterocycles. The first-order valence-corrected chi connectivity index (χ1v) is 7.01. The molecule has 0 unspecified atom stereocenters. The summed E-state index contributed by atoms with van der Waals surface area (Å²) in [4.78, 5) is 4.49. The highest BCUT2D eigenvalue weighted by atomic mass is 14.7. The monoisotopic (exact) mass is 261 g/mol. The van der Waals surface area contributed by atoms with Gasteiger partial charge in [-0.05, 0) is 33.9 Å². The van der Waals surface area contributed by atoms with E-state index in [0.29, 0.717) is 0 Å². The van der Waals surface area contributed by atoms with E-state index < -0.39 is 0 Å². The maximum atomic E-state index is 4.49. The van der Waals surface area contributed by atoms with Gasteiger partial charge in [0.2, 0.25) is 0 Å². The van der Waals surface area contributed by atoms with Gasteiger partial charge in [0, 0.05) is 11.8 Å². The number of benzene rings is 2. The molecular formula is C19H19N. The van der Waals surface area contributed by atoms with Crippen LogP contribution in [0.4, 0.5) is 0 Å². The van der Waals surface area contributed by atoms with Crippen LogP contribution in [-0.4, -0.2) is 4.98 Å². The molecule has 20 heavy (non-hydrogen) atoms. The molecule has 3 aromatic rings. The van der Waals surface area contributed by atoms with Gasteiger partial charge in [-0.1, -0.05) is 63.2 Å². The first-order chi connectivity index (χ1) is 9.57. The Bertz CT molecular complexity index is 737. The van der Waals surface area contributed by atoms with Gasteiger partial charge in [-0.15, -0.1) is 0 Å². The lowest BCUT2D eigenvalue weighted by Gasteiger charge is -2.22. The van der Waals surface area contributed by atoms with Crippen LogP contribution in [-0.2, 0) is 5.41 Å². The highest BCUT2D eigenvalue weighted by Crippen LogP contribution is 2.35. The summed E-state index contributed by atoms with van der Waals surface area (Å²) in [6.07, 6.45) is 1.85. The molecule has 0 radical (unpaired) electrons. The van der Waals surface area contributed by atoms with Crippen molar-refractivity contribution in [3.63, 3.8) is 0 Å². The highest BCUT2D eigenvalue weighted by molar-refractivity contribution is 5.98. The van der Waals surface area contributed by atoms with Gasteiger partial charge in [0.25, 0.3) is 0 Å². The fourth-order valence-corrected chi connectivity index (χ4v) is 2.70. The van der Waals surface area contributed by atoms with E-state index in [9.17, 15) is 0 Å². The molecule has 1 nitrogen and oxygen atoms in total. The van der Waals surface area contributed by atoms with Crippen molar-refractivity contribution in [3.05, 3.63) is 66.4 Å². The summed E-state index contributed by atoms with van der Waals surface area (Å²) in [5, 5.41) is 2.60. The van der Waals surface area contributed by atoms with E-state index in [2.05, 4.69) is 68.2 Å². The van der Waals surface area contributed by atoms with Crippen LogP contribution in [0.1, 0.15) is 26.3 Å². The van der Waals surface area contributed by atoms with E-state index in [1.807, 2.05) is 18.3 Å². The molecule has 2 aromatic carbocycles. The Morgan fingerprint density at radius 1 is 0.750 bits per heavy atom. The van der Waals surface area contributed by atoms with Crippen molar-refractivity contribution in [1.29, 1.82) is 0 Å². The topological polar surface area (TPSA) is 12.9 Å². The minimum Gasteiger partial charge on any atom is -0.256 e. The van der Waals surface area contributed by atoms with Crippen molar-refractivity contribution in [2.45, 2.75) is 26.2 Å². The van der Waals surface area contributed by atoms with E-state index >= 15 is 0 Å². The van der Waals surface area contributed by atoms with Gasteiger partial charge >= 0.3 is 0 Å². The fraction of sp³-hybridized carbons (Fsp3) is 0.211. The van der Waals surface area contributed by atoms with Gasteiger partial charge in [0.15, 0.2) is 0 Å². The largest absolute Gasteiger partial charge is 0.256 e. The molecule has 0 bridgehead atoms. The Hall–Kier alpha value is -2.15. The second kappa shape index (κ2) is 4.75. The van der Waals surface area contributed by atoms with Crippen LogP contribution in [0.2, 0.25) is 0 Å². The number of rotatable bonds is 1. The zero-order chi connectivity index (χ0) is 14.2. The normalized spacial score (nSPS) is 11.8. The van der Waals surface area contributed by atoms with Crippen molar-refractivity contribution >= 4 is 10.8 Å². The first kappa shape index (κ1) is 12.9. The maximum Gasteiger partial charge on any atom is 0.0708 e. The van der Waals surface area contributed by atoms with E-state index in [0.717, 1.165) is 5.69 Å². The molecule has 0 aliphatic heterocycles. The van der Waals surface area contributed by atoms with Crippen LogP contribution >= 0.6 is 0 Å². The number of aromatic nitrogens is 1. The Kier molecular flexibility index (Phi) is 3.06. The molecule has 100 valence electrons. The van der Waals surface area contributed by atoms with Crippen molar-refractivity contribution < 1.29 is 0 Å². The van der Waals surface area contributed by atoms with Gasteiger partial charge < -0.3 is 0 Å². The summed E-state index contributed by atoms with van der Waals surface area (Å²) < 4.78 is 0. The molecule has 0 spiro atoms. The van der Waals surface area contributed by atoms with Crippen molar-refractivity contribution in [2.24, 2.45) is 0 Å². The molecule has 1 heterocycles. The number of pyridine rings is 1. The Morgan fingerprint density at radius 3 is 2.10 bits per heavy atom. The van der Waals surface area contributed by atoms with Gasteiger partial charge in [-0.2, -0.15) is 0 Å². The van der Waals surface area contributed by atoms with Crippen LogP contribution in [0.3, 0.4) is 0 Å². The van der Waals surface area contributed by atoms with E-state index in [-0.39, 0.29) is 5.41 Å². The smallest absolute Gasteiger partial charge is 0.0708 e. The van der Waals surface area contributed by atoms with Crippen LogP contribution < -0.4 is 0 Å². The van der Waals surface area contributed by atoms with E-state index in [1.54, 1.807) is 0 Å². The second-order valence-electron chi connectivity index (χ2n) is 6.17. The first-order valence-electron chi connectivity index (χ1n) is 7.01. The summed E-state index contributed by atoms with van der Waals surface area (Å²) in [7, 11) is 0. The van der Waals surface area contributed by atoms with E-state index in [1.165, 1.54) is 21.9 Å². The third kappa shape index (κ3) is 2.20. The molecule has 0 saturated carbocycles. The summed E-state index contributed by atoms with van der Waals surface area (Å²) >= 11 is 0. The summed E-state index contributed by atoms with van der Waals surface area (Å²) in [5.41, 5.74) is 3.76. The Morgan fingerprint density at radius 2 is 1.45 bits per heavy atom. The maximum absolute atomic E-state index is 4.49. The summed E-state index contributed by atoms with van der Waals surface area (Å²) in [6.45, 7) is 6.78. The molecule has 0 N–H and O–H groups in total. The molecule has 0 atom stereocenters. The van der Waals surface area contributed by atoms with E-state index in [4.69, 9.17) is 0 Å². The SMILES string of the molecule is CC(C)(C)c1ccc(-c2ccccn2)c2ccccc12. The number of fused-ring (bicyclic) bond motifs is 1. The quantitative estimate of drug-likeness (QED) is 0.586. The molecule has 0 fully saturated rings. The fourth-order valence-electron chi connectivity index (χ4n) is 2.70. The van der Waals surface area contributed by atoms with Crippen molar-refractivity contribution in [3.8, 4) is 11.3 Å². The summed E-state index contributed by atoms with van der Waals surface area (Å²) in [6, 6.07) is 19.1. The zero-order valence-corrected chi connectivity index (χ0v) is 12.2. The van der Waals surface area contributed by atoms with Crippen LogP contribution in [0.5, 0.6) is 0 Å². The standard InChI is InChI=1S/C19H19N/c1-19(2,3)17-12-11-16(18-10-6-7-13-20-18)14-8-4-5-9-15(14)17/h4-13H,1-3H3. The van der Waals surface area contributed by atoms with Gasteiger partial charge in [-0.25, -0.2) is 0 Å². The Balaban J connectivity index is 2.33. The molecule has 0 aliphatic rings. The van der Waals surface area contributed by atoms with Crippen molar-refractivity contribution in [2.75, 3.05) is 0 Å². The van der Waals surface area contributed by atoms with Crippen LogP contribution in [0, 0.1) is 0 Å². The number of nitrogens with zero attached hydrogens (tertiary/aromatic N) is 1. The predicted molar refractivity (Wildman–Crippen MR) is 85.9 cm³/mol. The lowest BCUT2D eigenvalue weighted by atomic mass is 9.82. The predicted octanol–water partition coefficient (Wildman–Crippen LogP) is 5.20. The van der Waals surface area contributed by atoms with Crippen LogP contribution in [0.25, 0.3) is 22.0 Å². The lowest BCUT2D eigenvalue weighted by Crippen LogP contribution is -2.11. The summed E-state index contributed by atoms with van der Waals surface area (Å²) in [5.74, 6) is 0. The third-order valence-electron chi connectivity index (χ3n) is 3.67. The molecule has 1 heteroatoms. The highest BCUT2D eigenvalue weighted by Gasteiger charge is 2.18. The molecule has 3 rings (SSSR count). The molecule has 0 saturated heterocycles. The average Bonchev–Trinajstić information content (AvgIpc) is 2.46. The third-order valence-corrected chi connectivity index (χ3v) is 3.67. The molecule has 0 aliphatic carbocycles. The Labute approximate surface area is 120 Å². The van der Waals surface area contributed by atoms with Gasteiger partial charge in [-0.3, -0.25) is 4.98 Å². The second-order valence-corrected chi connectivity index (χ2v) is 6.17. The molecule has 0 amide bonds. The molecular weight excluding hydrogens is 242 g/mol. The minimum absolute atomic E-state index is 0.141.